The Kier molecular flexibility index (Phi) is 24.2. The van der Waals surface area contributed by atoms with Crippen molar-refractivity contribution in [2.45, 2.75) is 157 Å². The van der Waals surface area contributed by atoms with Gasteiger partial charge in [-0.15, -0.1) is 35.7 Å². The van der Waals surface area contributed by atoms with Crippen LogP contribution in [-0.4, -0.2) is 30.0 Å². The van der Waals surface area contributed by atoms with Crippen LogP contribution in [-0.2, 0) is 0 Å². The fourth-order valence-corrected chi connectivity index (χ4v) is 10.0. The molecule has 3 unspecified atom stereocenters. The molecule has 6 heteroatoms. The van der Waals surface area contributed by atoms with Crippen LogP contribution in [0.15, 0.2) is 46.1 Å². The van der Waals surface area contributed by atoms with Gasteiger partial charge in [-0.3, -0.25) is 4.79 Å². The van der Waals surface area contributed by atoms with E-state index >= 15 is 0 Å². The van der Waals surface area contributed by atoms with Gasteiger partial charge in [0.2, 0.25) is 0 Å². The molecule has 0 saturated heterocycles. The van der Waals surface area contributed by atoms with Gasteiger partial charge in [0.15, 0.2) is 6.29 Å². The van der Waals surface area contributed by atoms with Crippen molar-refractivity contribution < 1.29 is 4.79 Å². The lowest BCUT2D eigenvalue weighted by molar-refractivity contribution is 0.112. The van der Waals surface area contributed by atoms with Crippen molar-refractivity contribution in [2.24, 2.45) is 11.8 Å². The molecule has 49 heavy (non-hydrogen) atoms. The zero-order chi connectivity index (χ0) is 36.9. The number of allylic oxidation sites excluding steroid dienone is 3. The minimum atomic E-state index is 0.269. The number of nitrogens with zero attached hydrogens (tertiary/aromatic N) is 1. The Labute approximate surface area is 321 Å². The standard InChI is InChI=1S/C43H71NOS4/c1-13-20-24-34(17-5)27-36(23-16-4)41(46)33(11)48-39(30-47-37(19-7)26-22-15-3)43-38(29-45)40(42(49-43)31(8)9)32(10)44(12)28-35(18-6)25-21-14-2/h16,23,29-31,34-35,37,46H,10-11,13-15,17-22,24-28H2,1-9,12H3/b23-16+,39-30-,41-36+. The molecule has 0 aliphatic carbocycles. The van der Waals surface area contributed by atoms with Gasteiger partial charge in [0, 0.05) is 55.3 Å². The zero-order valence-corrected chi connectivity index (χ0v) is 36.3. The molecule has 1 heterocycles. The SMILES string of the molecule is C=C(S/C(=C\SC(CC)CCCC)c1sc(C(C)C)c(C(=C)N(C)CC(CC)CCCC)c1C=O)/C(S)=C(/C=C/C)CC(CC)CCCC. The van der Waals surface area contributed by atoms with Gasteiger partial charge >= 0.3 is 0 Å². The molecule has 0 fully saturated rings. The Balaban J connectivity index is 3.78. The number of carbonyl (C=O) groups is 1. The normalized spacial score (nSPS) is 14.7. The van der Waals surface area contributed by atoms with Gasteiger partial charge in [-0.05, 0) is 61.3 Å². The van der Waals surface area contributed by atoms with Crippen molar-refractivity contribution in [2.75, 3.05) is 13.6 Å². The second-order valence-corrected chi connectivity index (χ2v) is 17.7. The topological polar surface area (TPSA) is 20.3 Å². The van der Waals surface area contributed by atoms with E-state index in [1.165, 1.54) is 68.2 Å². The maximum absolute atomic E-state index is 13.2. The first-order valence-electron chi connectivity index (χ1n) is 19.3. The van der Waals surface area contributed by atoms with E-state index in [4.69, 9.17) is 12.6 Å². The van der Waals surface area contributed by atoms with Crippen molar-refractivity contribution >= 4 is 64.4 Å². The number of thiophene rings is 1. The largest absolute Gasteiger partial charge is 0.374 e. The highest BCUT2D eigenvalue weighted by atomic mass is 32.2. The van der Waals surface area contributed by atoms with Gasteiger partial charge in [0.05, 0.1) is 4.88 Å². The van der Waals surface area contributed by atoms with Crippen molar-refractivity contribution in [3.63, 3.8) is 0 Å². The van der Waals surface area contributed by atoms with Crippen LogP contribution >= 0.6 is 47.5 Å². The first-order chi connectivity index (χ1) is 23.5. The Morgan fingerprint density at radius 1 is 0.918 bits per heavy atom. The summed E-state index contributed by atoms with van der Waals surface area (Å²) in [7, 11) is 2.15. The summed E-state index contributed by atoms with van der Waals surface area (Å²) >= 11 is 10.5. The van der Waals surface area contributed by atoms with Crippen LogP contribution < -0.4 is 0 Å². The number of aldehydes is 1. The highest BCUT2D eigenvalue weighted by molar-refractivity contribution is 8.14. The number of thiol groups is 1. The van der Waals surface area contributed by atoms with E-state index in [1.807, 2.05) is 11.8 Å². The Hall–Kier alpha value is -1.08. The summed E-state index contributed by atoms with van der Waals surface area (Å²) in [6, 6.07) is 0. The number of carbonyl (C=O) groups excluding carboxylic acids is 1. The molecule has 0 N–H and O–H groups in total. The summed E-state index contributed by atoms with van der Waals surface area (Å²) in [4.78, 5) is 20.7. The first-order valence-corrected chi connectivity index (χ1v) is 22.3. The third-order valence-corrected chi connectivity index (χ3v) is 14.4. The van der Waals surface area contributed by atoms with E-state index in [0.29, 0.717) is 17.1 Å². The van der Waals surface area contributed by atoms with E-state index < -0.39 is 0 Å². The highest BCUT2D eigenvalue weighted by Gasteiger charge is 2.27. The molecule has 0 radical (unpaired) electrons. The second-order valence-electron chi connectivity index (χ2n) is 13.9. The molecule has 1 rings (SSSR count). The Morgan fingerprint density at radius 2 is 1.51 bits per heavy atom. The van der Waals surface area contributed by atoms with Gasteiger partial charge in [0.1, 0.15) is 0 Å². The number of hydrogen-bond acceptors (Lipinski definition) is 6. The third-order valence-electron chi connectivity index (χ3n) is 9.59. The van der Waals surface area contributed by atoms with E-state index in [1.54, 1.807) is 23.1 Å². The fraction of sp³-hybridized carbons (Fsp3) is 0.651. The molecule has 3 atom stereocenters. The summed E-state index contributed by atoms with van der Waals surface area (Å²) in [6.45, 7) is 30.4. The lowest BCUT2D eigenvalue weighted by atomic mass is 9.91. The Bertz CT molecular complexity index is 1240. The van der Waals surface area contributed by atoms with Gasteiger partial charge in [-0.2, -0.15) is 0 Å². The predicted molar refractivity (Wildman–Crippen MR) is 233 cm³/mol. The molecule has 0 aliphatic rings. The van der Waals surface area contributed by atoms with Gasteiger partial charge in [-0.25, -0.2) is 0 Å². The summed E-state index contributed by atoms with van der Waals surface area (Å²) < 4.78 is 0. The van der Waals surface area contributed by atoms with E-state index in [0.717, 1.165) is 74.9 Å². The number of unbranched alkanes of at least 4 members (excludes halogenated alkanes) is 3. The average Bonchev–Trinajstić information content (AvgIpc) is 3.49. The molecule has 0 saturated carbocycles. The van der Waals surface area contributed by atoms with E-state index in [-0.39, 0.29) is 5.92 Å². The van der Waals surface area contributed by atoms with E-state index in [2.05, 4.69) is 105 Å². The maximum Gasteiger partial charge on any atom is 0.152 e. The van der Waals surface area contributed by atoms with Crippen molar-refractivity contribution in [3.8, 4) is 0 Å². The maximum atomic E-state index is 13.2. The van der Waals surface area contributed by atoms with Crippen LogP contribution in [0.5, 0.6) is 0 Å². The molecule has 1 aromatic heterocycles. The number of thioether (sulfide) groups is 2. The molecule has 2 nitrogen and oxygen atoms in total. The molecule has 0 aromatic carbocycles. The Morgan fingerprint density at radius 3 is 2.02 bits per heavy atom. The van der Waals surface area contributed by atoms with Gasteiger partial charge < -0.3 is 4.90 Å². The lowest BCUT2D eigenvalue weighted by Gasteiger charge is -2.28. The van der Waals surface area contributed by atoms with Crippen LogP contribution in [0.4, 0.5) is 0 Å². The zero-order valence-electron chi connectivity index (χ0n) is 33.0. The minimum absolute atomic E-state index is 0.269. The van der Waals surface area contributed by atoms with Crippen molar-refractivity contribution in [3.05, 3.63) is 67.0 Å². The number of hydrogen-bond donors (Lipinski definition) is 1. The fourth-order valence-electron chi connectivity index (χ4n) is 6.21. The molecule has 0 aliphatic heterocycles. The molecular formula is C43H71NOS4. The smallest absolute Gasteiger partial charge is 0.152 e. The number of rotatable bonds is 27. The molecular weight excluding hydrogens is 675 g/mol. The minimum Gasteiger partial charge on any atom is -0.374 e. The van der Waals surface area contributed by atoms with Crippen molar-refractivity contribution in [1.82, 2.24) is 4.90 Å². The van der Waals surface area contributed by atoms with Crippen LogP contribution in [0.2, 0.25) is 0 Å². The monoisotopic (exact) mass is 745 g/mol. The molecule has 0 amide bonds. The average molecular weight is 746 g/mol. The molecule has 1 aromatic rings. The summed E-state index contributed by atoms with van der Waals surface area (Å²) in [6.07, 6.45) is 20.9. The van der Waals surface area contributed by atoms with Gasteiger partial charge in [0.25, 0.3) is 0 Å². The van der Waals surface area contributed by atoms with E-state index in [9.17, 15) is 4.79 Å². The molecule has 0 spiro atoms. The lowest BCUT2D eigenvalue weighted by Crippen LogP contribution is -2.24. The molecule has 0 bridgehead atoms. The summed E-state index contributed by atoms with van der Waals surface area (Å²) in [5, 5.41) is 2.86. The quantitative estimate of drug-likeness (QED) is 0.0549. The van der Waals surface area contributed by atoms with Crippen LogP contribution in [0.3, 0.4) is 0 Å². The summed E-state index contributed by atoms with van der Waals surface area (Å²) in [5.74, 6) is 1.52. The third kappa shape index (κ3) is 15.2. The van der Waals surface area contributed by atoms with Crippen LogP contribution in [0.1, 0.15) is 177 Å². The second kappa shape index (κ2) is 25.8. The van der Waals surface area contributed by atoms with Gasteiger partial charge in [-0.1, -0.05) is 150 Å². The first kappa shape index (κ1) is 45.9. The van der Waals surface area contributed by atoms with Crippen molar-refractivity contribution in [1.29, 1.82) is 0 Å². The van der Waals surface area contributed by atoms with Crippen LogP contribution in [0, 0.1) is 11.8 Å². The highest BCUT2D eigenvalue weighted by Crippen LogP contribution is 2.48. The summed E-state index contributed by atoms with van der Waals surface area (Å²) in [5.41, 5.74) is 4.00. The molecule has 278 valence electrons. The van der Waals surface area contributed by atoms with Crippen LogP contribution in [0.25, 0.3) is 10.6 Å². The predicted octanol–water partition coefficient (Wildman–Crippen LogP) is 15.4.